The summed E-state index contributed by atoms with van der Waals surface area (Å²) in [5.41, 5.74) is 2.63. The first-order valence-corrected chi connectivity index (χ1v) is 8.59. The highest BCUT2D eigenvalue weighted by molar-refractivity contribution is 5.78. The maximum Gasteiger partial charge on any atom is 0.310 e. The molecule has 134 valence electrons. The Morgan fingerprint density at radius 1 is 1.04 bits per heavy atom. The van der Waals surface area contributed by atoms with Crippen molar-refractivity contribution < 1.29 is 28.8 Å². The molecular weight excluding hydrogens is 336 g/mol. The highest BCUT2D eigenvalue weighted by atomic mass is 16.7. The molecule has 0 bridgehead atoms. The van der Waals surface area contributed by atoms with Crippen molar-refractivity contribution in [1.29, 1.82) is 0 Å². The van der Waals surface area contributed by atoms with E-state index in [9.17, 15) is 9.90 Å². The van der Waals surface area contributed by atoms with Gasteiger partial charge in [0, 0.05) is 11.8 Å². The number of carbonyl (C=O) groups excluding carboxylic acids is 1. The first-order valence-electron chi connectivity index (χ1n) is 8.59. The van der Waals surface area contributed by atoms with Crippen LogP contribution in [0.3, 0.4) is 0 Å². The number of aliphatic hydroxyl groups is 1. The van der Waals surface area contributed by atoms with E-state index in [0.29, 0.717) is 11.5 Å². The van der Waals surface area contributed by atoms with Gasteiger partial charge in [0.2, 0.25) is 6.79 Å². The Morgan fingerprint density at radius 2 is 1.73 bits per heavy atom. The van der Waals surface area contributed by atoms with Gasteiger partial charge in [-0.25, -0.2) is 0 Å². The minimum absolute atomic E-state index is 0.163. The van der Waals surface area contributed by atoms with Crippen molar-refractivity contribution in [3.05, 3.63) is 53.1 Å². The lowest BCUT2D eigenvalue weighted by atomic mass is 9.66. The molecule has 2 aliphatic heterocycles. The molecular formula is C20H18O6. The molecule has 2 heterocycles. The van der Waals surface area contributed by atoms with Crippen LogP contribution in [0.25, 0.3) is 0 Å². The third-order valence-corrected chi connectivity index (χ3v) is 5.62. The number of rotatable bonds is 2. The largest absolute Gasteiger partial charge is 0.497 e. The Hall–Kier alpha value is -2.73. The molecule has 5 rings (SSSR count). The first-order chi connectivity index (χ1) is 12.7. The number of hydrogen-bond donors (Lipinski definition) is 1. The SMILES string of the molecule is COc1ccc([C@@H]2c3cc4c(cc3[C@H](O)C3COC(=O)[C@H]32)OCO4)cc1. The van der Waals surface area contributed by atoms with Gasteiger partial charge in [0.15, 0.2) is 11.5 Å². The van der Waals surface area contributed by atoms with Crippen molar-refractivity contribution in [2.75, 3.05) is 20.5 Å². The van der Waals surface area contributed by atoms with E-state index in [-0.39, 0.29) is 31.2 Å². The Labute approximate surface area is 150 Å². The standard InChI is InChI=1S/C20H18O6/c1-23-11-4-2-10(3-5-11)17-12-6-15-16(26-9-25-15)7-13(12)19(21)14-8-24-20(22)18(14)17/h2-7,14,17-19,21H,8-9H2,1H3/t14?,17-,18-,19+/m1/s1. The van der Waals surface area contributed by atoms with Gasteiger partial charge >= 0.3 is 5.97 Å². The van der Waals surface area contributed by atoms with Crippen molar-refractivity contribution >= 4 is 5.97 Å². The van der Waals surface area contributed by atoms with Crippen LogP contribution in [0.15, 0.2) is 36.4 Å². The number of carbonyl (C=O) groups is 1. The van der Waals surface area contributed by atoms with Crippen LogP contribution in [-0.4, -0.2) is 31.6 Å². The smallest absolute Gasteiger partial charge is 0.310 e. The second-order valence-corrected chi connectivity index (χ2v) is 6.85. The number of ether oxygens (including phenoxy) is 4. The minimum Gasteiger partial charge on any atom is -0.497 e. The summed E-state index contributed by atoms with van der Waals surface area (Å²) < 4.78 is 21.5. The summed E-state index contributed by atoms with van der Waals surface area (Å²) >= 11 is 0. The summed E-state index contributed by atoms with van der Waals surface area (Å²) in [7, 11) is 1.62. The van der Waals surface area contributed by atoms with E-state index < -0.39 is 12.0 Å². The summed E-state index contributed by atoms with van der Waals surface area (Å²) in [4.78, 5) is 12.5. The number of esters is 1. The molecule has 0 amide bonds. The molecule has 1 N–H and O–H groups in total. The van der Waals surface area contributed by atoms with Crippen LogP contribution in [0.1, 0.15) is 28.7 Å². The second kappa shape index (κ2) is 5.64. The Morgan fingerprint density at radius 3 is 2.42 bits per heavy atom. The fraction of sp³-hybridized carbons (Fsp3) is 0.350. The Bertz CT molecular complexity index is 875. The molecule has 6 nitrogen and oxygen atoms in total. The van der Waals surface area contributed by atoms with E-state index in [1.54, 1.807) is 7.11 Å². The van der Waals surface area contributed by atoms with Gasteiger partial charge in [0.05, 0.1) is 25.7 Å². The predicted octanol–water partition coefficient (Wildman–Crippen LogP) is 2.39. The summed E-state index contributed by atoms with van der Waals surface area (Å²) in [5.74, 6) is 0.834. The van der Waals surface area contributed by atoms with Crippen molar-refractivity contribution in [3.8, 4) is 17.2 Å². The highest BCUT2D eigenvalue weighted by Gasteiger charge is 2.52. The van der Waals surface area contributed by atoms with Crippen molar-refractivity contribution in [2.45, 2.75) is 12.0 Å². The summed E-state index contributed by atoms with van der Waals surface area (Å²) in [6.07, 6.45) is -0.773. The van der Waals surface area contributed by atoms with Gasteiger partial charge in [-0.1, -0.05) is 12.1 Å². The maximum atomic E-state index is 12.5. The molecule has 4 atom stereocenters. The van der Waals surface area contributed by atoms with E-state index in [0.717, 1.165) is 22.4 Å². The number of methoxy groups -OCH3 is 1. The van der Waals surface area contributed by atoms with Crippen molar-refractivity contribution in [3.63, 3.8) is 0 Å². The fourth-order valence-corrected chi connectivity index (χ4v) is 4.34. The fourth-order valence-electron chi connectivity index (χ4n) is 4.34. The predicted molar refractivity (Wildman–Crippen MR) is 90.3 cm³/mol. The van der Waals surface area contributed by atoms with Gasteiger partial charge in [-0.05, 0) is 41.0 Å². The summed E-state index contributed by atoms with van der Waals surface area (Å²) in [6.45, 7) is 0.391. The highest BCUT2D eigenvalue weighted by Crippen LogP contribution is 2.54. The number of cyclic esters (lactones) is 1. The van der Waals surface area contributed by atoms with Crippen molar-refractivity contribution in [2.24, 2.45) is 11.8 Å². The molecule has 2 aromatic rings. The molecule has 1 unspecified atom stereocenters. The summed E-state index contributed by atoms with van der Waals surface area (Å²) in [5, 5.41) is 10.9. The Balaban J connectivity index is 1.70. The van der Waals surface area contributed by atoms with Crippen LogP contribution in [-0.2, 0) is 9.53 Å². The lowest BCUT2D eigenvalue weighted by Gasteiger charge is -2.36. The topological polar surface area (TPSA) is 74.2 Å². The van der Waals surface area contributed by atoms with Gasteiger partial charge in [-0.2, -0.15) is 0 Å². The molecule has 0 aromatic heterocycles. The van der Waals surface area contributed by atoms with E-state index in [1.807, 2.05) is 36.4 Å². The third kappa shape index (κ3) is 2.12. The molecule has 6 heteroatoms. The van der Waals surface area contributed by atoms with E-state index in [2.05, 4.69) is 0 Å². The minimum atomic E-state index is -0.773. The molecule has 0 spiro atoms. The number of hydrogen-bond acceptors (Lipinski definition) is 6. The first kappa shape index (κ1) is 15.5. The maximum absolute atomic E-state index is 12.5. The zero-order valence-corrected chi connectivity index (χ0v) is 14.2. The van der Waals surface area contributed by atoms with Gasteiger partial charge in [-0.3, -0.25) is 4.79 Å². The molecule has 0 radical (unpaired) electrons. The van der Waals surface area contributed by atoms with Crippen LogP contribution in [0.2, 0.25) is 0 Å². The number of aliphatic hydroxyl groups excluding tert-OH is 1. The number of fused-ring (bicyclic) bond motifs is 3. The molecule has 3 aliphatic rings. The van der Waals surface area contributed by atoms with Crippen LogP contribution in [0.5, 0.6) is 17.2 Å². The van der Waals surface area contributed by atoms with E-state index >= 15 is 0 Å². The average molecular weight is 354 g/mol. The van der Waals surface area contributed by atoms with E-state index in [1.165, 1.54) is 0 Å². The average Bonchev–Trinajstić information content (AvgIpc) is 3.28. The number of benzene rings is 2. The quantitative estimate of drug-likeness (QED) is 0.835. The van der Waals surface area contributed by atoms with Gasteiger partial charge in [-0.15, -0.1) is 0 Å². The molecule has 2 aromatic carbocycles. The molecule has 0 saturated carbocycles. The zero-order chi connectivity index (χ0) is 17.8. The van der Waals surface area contributed by atoms with Crippen LogP contribution >= 0.6 is 0 Å². The van der Waals surface area contributed by atoms with E-state index in [4.69, 9.17) is 18.9 Å². The Kier molecular flexibility index (Phi) is 3.37. The van der Waals surface area contributed by atoms with Gasteiger partial charge in [0.25, 0.3) is 0 Å². The normalized spacial score (nSPS) is 28.3. The van der Waals surface area contributed by atoms with Crippen LogP contribution in [0.4, 0.5) is 0 Å². The monoisotopic (exact) mass is 354 g/mol. The molecule has 26 heavy (non-hydrogen) atoms. The molecule has 1 fully saturated rings. The van der Waals surface area contributed by atoms with Crippen LogP contribution in [0, 0.1) is 11.8 Å². The molecule has 1 saturated heterocycles. The van der Waals surface area contributed by atoms with Crippen LogP contribution < -0.4 is 14.2 Å². The lowest BCUT2D eigenvalue weighted by Crippen LogP contribution is -2.34. The van der Waals surface area contributed by atoms with Gasteiger partial charge < -0.3 is 24.1 Å². The van der Waals surface area contributed by atoms with Crippen molar-refractivity contribution in [1.82, 2.24) is 0 Å². The molecule has 1 aliphatic carbocycles. The van der Waals surface area contributed by atoms with Gasteiger partial charge in [0.1, 0.15) is 5.75 Å². The third-order valence-electron chi connectivity index (χ3n) is 5.62. The lowest BCUT2D eigenvalue weighted by molar-refractivity contribution is -0.141. The summed E-state index contributed by atoms with van der Waals surface area (Å²) in [6, 6.07) is 11.4. The zero-order valence-electron chi connectivity index (χ0n) is 14.2. The second-order valence-electron chi connectivity index (χ2n) is 6.85.